The Bertz CT molecular complexity index is 560. The third kappa shape index (κ3) is 3.70. The van der Waals surface area contributed by atoms with Gasteiger partial charge in [-0.2, -0.15) is 4.72 Å². The van der Waals surface area contributed by atoms with Gasteiger partial charge in [-0.1, -0.05) is 13.8 Å². The lowest BCUT2D eigenvalue weighted by Crippen LogP contribution is -2.42. The molecule has 0 radical (unpaired) electrons. The molecule has 20 heavy (non-hydrogen) atoms. The number of sulfonamides is 1. The number of carbonyl (C=O) groups excluding carboxylic acids is 1. The van der Waals surface area contributed by atoms with E-state index >= 15 is 0 Å². The largest absolute Gasteiger partial charge is 0.468 e. The fourth-order valence-electron chi connectivity index (χ4n) is 1.81. The summed E-state index contributed by atoms with van der Waals surface area (Å²) in [6.07, 6.45) is 1.61. The summed E-state index contributed by atoms with van der Waals surface area (Å²) in [6.45, 7) is 3.76. The van der Waals surface area contributed by atoms with E-state index in [2.05, 4.69) is 14.4 Å². The Morgan fingerprint density at radius 1 is 1.55 bits per heavy atom. The molecule has 0 fully saturated rings. The molecule has 8 nitrogen and oxygen atoms in total. The van der Waals surface area contributed by atoms with Crippen LogP contribution in [-0.4, -0.2) is 37.1 Å². The zero-order valence-corrected chi connectivity index (χ0v) is 12.8. The number of hydrogen-bond donors (Lipinski definition) is 2. The van der Waals surface area contributed by atoms with Gasteiger partial charge in [0.15, 0.2) is 10.8 Å². The van der Waals surface area contributed by atoms with Crippen molar-refractivity contribution in [2.24, 2.45) is 13.0 Å². The molecule has 0 aliphatic rings. The minimum absolute atomic E-state index is 0.116. The highest BCUT2D eigenvalue weighted by atomic mass is 32.2. The van der Waals surface area contributed by atoms with Gasteiger partial charge in [-0.05, 0) is 12.3 Å². The van der Waals surface area contributed by atoms with Crippen molar-refractivity contribution < 1.29 is 17.9 Å². The van der Waals surface area contributed by atoms with Crippen LogP contribution in [0.1, 0.15) is 20.3 Å². The van der Waals surface area contributed by atoms with Gasteiger partial charge >= 0.3 is 5.97 Å². The van der Waals surface area contributed by atoms with E-state index in [0.717, 1.165) is 0 Å². The van der Waals surface area contributed by atoms with Crippen molar-refractivity contribution in [2.45, 2.75) is 31.3 Å². The van der Waals surface area contributed by atoms with Gasteiger partial charge in [0.05, 0.1) is 13.4 Å². The van der Waals surface area contributed by atoms with E-state index in [0.29, 0.717) is 6.42 Å². The van der Waals surface area contributed by atoms with Gasteiger partial charge in [0, 0.05) is 7.05 Å². The molecule has 1 unspecified atom stereocenters. The number of esters is 1. The molecule has 3 N–H and O–H groups in total. The molecule has 0 aliphatic carbocycles. The van der Waals surface area contributed by atoms with E-state index in [1.807, 2.05) is 13.8 Å². The van der Waals surface area contributed by atoms with Crippen molar-refractivity contribution in [3.63, 3.8) is 0 Å². The molecule has 0 bridgehead atoms. The second-order valence-electron chi connectivity index (χ2n) is 4.87. The number of hydrogen-bond acceptors (Lipinski definition) is 6. The average Bonchev–Trinajstić information content (AvgIpc) is 2.66. The predicted molar refractivity (Wildman–Crippen MR) is 73.2 cm³/mol. The maximum absolute atomic E-state index is 12.3. The van der Waals surface area contributed by atoms with Crippen molar-refractivity contribution in [3.05, 3.63) is 6.33 Å². The van der Waals surface area contributed by atoms with Crippen LogP contribution in [0.4, 0.5) is 5.82 Å². The number of nitrogens with one attached hydrogen (secondary N) is 1. The van der Waals surface area contributed by atoms with Crippen molar-refractivity contribution in [1.29, 1.82) is 0 Å². The standard InChI is InChI=1S/C11H20N4O4S/c1-7(2)5-8(11(16)19-4)14-20(17,18)10-9(12)13-6-15(10)3/h6-8,14H,5,12H2,1-4H3. The summed E-state index contributed by atoms with van der Waals surface area (Å²) in [4.78, 5) is 15.4. The quantitative estimate of drug-likeness (QED) is 0.707. The lowest BCUT2D eigenvalue weighted by Gasteiger charge is -2.18. The molecule has 0 saturated heterocycles. The SMILES string of the molecule is COC(=O)C(CC(C)C)NS(=O)(=O)c1c(N)ncn1C. The molecule has 1 atom stereocenters. The summed E-state index contributed by atoms with van der Waals surface area (Å²) in [5.41, 5.74) is 5.55. The monoisotopic (exact) mass is 304 g/mol. The molecular weight excluding hydrogens is 284 g/mol. The number of nitrogens with zero attached hydrogens (tertiary/aromatic N) is 2. The minimum atomic E-state index is -3.95. The Kier molecular flexibility index (Phi) is 5.12. The van der Waals surface area contributed by atoms with Gasteiger partial charge in [0.1, 0.15) is 6.04 Å². The average molecular weight is 304 g/mol. The first kappa shape index (κ1) is 16.4. The topological polar surface area (TPSA) is 116 Å². The van der Waals surface area contributed by atoms with E-state index in [1.54, 1.807) is 0 Å². The number of nitrogen functional groups attached to an aromatic ring is 1. The lowest BCUT2D eigenvalue weighted by molar-refractivity contribution is -0.143. The fourth-order valence-corrected chi connectivity index (χ4v) is 3.25. The molecule has 9 heteroatoms. The zero-order valence-electron chi connectivity index (χ0n) is 12.0. The maximum Gasteiger partial charge on any atom is 0.323 e. The Balaban J connectivity index is 3.06. The van der Waals surface area contributed by atoms with Crippen molar-refractivity contribution in [3.8, 4) is 0 Å². The Labute approximate surface area is 118 Å². The molecule has 1 aromatic rings. The third-order valence-electron chi connectivity index (χ3n) is 2.65. The third-order valence-corrected chi connectivity index (χ3v) is 4.26. The minimum Gasteiger partial charge on any atom is -0.468 e. The van der Waals surface area contributed by atoms with Gasteiger partial charge in [-0.3, -0.25) is 4.79 Å². The molecule has 1 aromatic heterocycles. The van der Waals surface area contributed by atoms with Gasteiger partial charge < -0.3 is 15.0 Å². The number of imidazole rings is 1. The number of anilines is 1. The summed E-state index contributed by atoms with van der Waals surface area (Å²) < 4.78 is 32.8. The molecule has 1 rings (SSSR count). The summed E-state index contributed by atoms with van der Waals surface area (Å²) in [7, 11) is -1.24. The number of aromatic nitrogens is 2. The molecule has 0 amide bonds. The molecule has 0 saturated carbocycles. The van der Waals surface area contributed by atoms with Crippen LogP contribution < -0.4 is 10.5 Å². The molecular formula is C11H20N4O4S. The lowest BCUT2D eigenvalue weighted by atomic mass is 10.1. The first-order chi connectivity index (χ1) is 9.19. The van der Waals surface area contributed by atoms with Gasteiger partial charge in [0.25, 0.3) is 10.0 Å². The number of ether oxygens (including phenoxy) is 1. The van der Waals surface area contributed by atoms with Crippen molar-refractivity contribution >= 4 is 21.8 Å². The van der Waals surface area contributed by atoms with Crippen molar-refractivity contribution in [2.75, 3.05) is 12.8 Å². The van der Waals surface area contributed by atoms with Crippen LogP contribution in [0.2, 0.25) is 0 Å². The predicted octanol–water partition coefficient (Wildman–Crippen LogP) is -0.132. The molecule has 0 aromatic carbocycles. The van der Waals surface area contributed by atoms with Crippen molar-refractivity contribution in [1.82, 2.24) is 14.3 Å². The first-order valence-electron chi connectivity index (χ1n) is 6.06. The van der Waals surface area contributed by atoms with Crippen LogP contribution in [0.3, 0.4) is 0 Å². The summed E-state index contributed by atoms with van der Waals surface area (Å²) in [6, 6.07) is -0.959. The van der Waals surface area contributed by atoms with E-state index in [4.69, 9.17) is 5.73 Å². The molecule has 0 spiro atoms. The van der Waals surface area contributed by atoms with Gasteiger partial charge in [0.2, 0.25) is 0 Å². The fraction of sp³-hybridized carbons (Fsp3) is 0.636. The van der Waals surface area contributed by atoms with Crippen LogP contribution >= 0.6 is 0 Å². The number of rotatable bonds is 6. The number of methoxy groups -OCH3 is 1. The Hall–Kier alpha value is -1.61. The van der Waals surface area contributed by atoms with Crippen LogP contribution in [0.15, 0.2) is 11.4 Å². The second-order valence-corrected chi connectivity index (χ2v) is 6.50. The normalized spacial score (nSPS) is 13.4. The van der Waals surface area contributed by atoms with E-state index in [1.165, 1.54) is 25.1 Å². The van der Waals surface area contributed by atoms with Gasteiger partial charge in [-0.25, -0.2) is 13.4 Å². The Morgan fingerprint density at radius 3 is 2.55 bits per heavy atom. The van der Waals surface area contributed by atoms with E-state index in [9.17, 15) is 13.2 Å². The van der Waals surface area contributed by atoms with E-state index in [-0.39, 0.29) is 16.8 Å². The summed E-state index contributed by atoms with van der Waals surface area (Å²) >= 11 is 0. The van der Waals surface area contributed by atoms with Crippen LogP contribution in [0, 0.1) is 5.92 Å². The highest BCUT2D eigenvalue weighted by Crippen LogP contribution is 2.17. The summed E-state index contributed by atoms with van der Waals surface area (Å²) in [5, 5.41) is -0.171. The number of aryl methyl sites for hydroxylation is 1. The highest BCUT2D eigenvalue weighted by molar-refractivity contribution is 7.89. The number of carbonyl (C=O) groups is 1. The van der Waals surface area contributed by atoms with Crippen LogP contribution in [0.25, 0.3) is 0 Å². The van der Waals surface area contributed by atoms with Crippen LogP contribution in [0.5, 0.6) is 0 Å². The van der Waals surface area contributed by atoms with E-state index < -0.39 is 22.0 Å². The molecule has 0 aliphatic heterocycles. The summed E-state index contributed by atoms with van der Waals surface area (Å²) in [5.74, 6) is -0.637. The highest BCUT2D eigenvalue weighted by Gasteiger charge is 2.30. The molecule has 1 heterocycles. The number of nitrogens with two attached hydrogens (primary N) is 1. The second kappa shape index (κ2) is 6.23. The maximum atomic E-state index is 12.3. The zero-order chi connectivity index (χ0) is 15.5. The first-order valence-corrected chi connectivity index (χ1v) is 7.54. The van der Waals surface area contributed by atoms with Gasteiger partial charge in [-0.15, -0.1) is 0 Å². The Morgan fingerprint density at radius 2 is 2.15 bits per heavy atom. The van der Waals surface area contributed by atoms with Crippen LogP contribution in [-0.2, 0) is 26.6 Å². The smallest absolute Gasteiger partial charge is 0.323 e. The molecule has 114 valence electrons.